The lowest BCUT2D eigenvalue weighted by Gasteiger charge is -2.05. The van der Waals surface area contributed by atoms with Gasteiger partial charge in [0.2, 0.25) is 0 Å². The summed E-state index contributed by atoms with van der Waals surface area (Å²) in [4.78, 5) is 23.1. The van der Waals surface area contributed by atoms with Crippen molar-refractivity contribution in [2.75, 3.05) is 11.9 Å². The molecule has 0 aliphatic rings. The molecule has 2 rings (SSSR count). The molecule has 0 aliphatic heterocycles. The zero-order valence-corrected chi connectivity index (χ0v) is 11.2. The van der Waals surface area contributed by atoms with Crippen LogP contribution < -0.4 is 10.6 Å². The summed E-state index contributed by atoms with van der Waals surface area (Å²) in [5, 5.41) is 21.3. The van der Waals surface area contributed by atoms with Crippen molar-refractivity contribution >= 4 is 17.8 Å². The van der Waals surface area contributed by atoms with Gasteiger partial charge in [0, 0.05) is 6.54 Å². The molecule has 1 aromatic carbocycles. The molecule has 0 bridgehead atoms. The Balaban J connectivity index is 1.74. The number of amides is 2. The van der Waals surface area contributed by atoms with E-state index in [0.717, 1.165) is 16.8 Å². The maximum atomic E-state index is 11.6. The lowest BCUT2D eigenvalue weighted by atomic mass is 10.1. The van der Waals surface area contributed by atoms with Crippen LogP contribution in [0.15, 0.2) is 36.5 Å². The lowest BCUT2D eigenvalue weighted by Crippen LogP contribution is -2.30. The van der Waals surface area contributed by atoms with Crippen molar-refractivity contribution in [1.29, 1.82) is 0 Å². The number of hydrogen-bond donors (Lipinski definition) is 3. The fraction of sp³-hybridized carbons (Fsp3) is 0.231. The number of aliphatic carboxylic acids is 1. The van der Waals surface area contributed by atoms with Gasteiger partial charge in [0.05, 0.1) is 6.20 Å². The Bertz CT molecular complexity index is 611. The molecule has 0 aliphatic carbocycles. The molecule has 0 unspecified atom stereocenters. The molecule has 21 heavy (non-hydrogen) atoms. The number of nitrogens with one attached hydrogen (secondary N) is 2. The van der Waals surface area contributed by atoms with E-state index >= 15 is 0 Å². The highest BCUT2D eigenvalue weighted by molar-refractivity contribution is 5.87. The number of carboxylic acids is 1. The van der Waals surface area contributed by atoms with Crippen molar-refractivity contribution in [2.45, 2.75) is 13.0 Å². The number of hydrogen-bond acceptors (Lipinski definition) is 4. The average Bonchev–Trinajstić information content (AvgIpc) is 2.86. The zero-order chi connectivity index (χ0) is 15.1. The molecule has 2 amide bonds. The van der Waals surface area contributed by atoms with Gasteiger partial charge in [-0.2, -0.15) is 9.90 Å². The van der Waals surface area contributed by atoms with Gasteiger partial charge in [0.15, 0.2) is 12.4 Å². The first-order valence-corrected chi connectivity index (χ1v) is 6.34. The summed E-state index contributed by atoms with van der Waals surface area (Å²) in [7, 11) is 0. The van der Waals surface area contributed by atoms with Crippen LogP contribution in [0.4, 0.5) is 10.6 Å². The van der Waals surface area contributed by atoms with Crippen molar-refractivity contribution < 1.29 is 14.7 Å². The van der Waals surface area contributed by atoms with E-state index in [2.05, 4.69) is 20.8 Å². The number of carbonyl (C=O) groups is 2. The molecule has 0 spiro atoms. The third-order valence-corrected chi connectivity index (χ3v) is 2.60. The van der Waals surface area contributed by atoms with Gasteiger partial charge in [-0.3, -0.25) is 10.1 Å². The SMILES string of the molecule is O=C(O)Cn1ncc(NC(=O)NCCc2ccccc2)n1. The van der Waals surface area contributed by atoms with Crippen molar-refractivity contribution in [1.82, 2.24) is 20.3 Å². The quantitative estimate of drug-likeness (QED) is 0.726. The molecule has 8 nitrogen and oxygen atoms in total. The number of urea groups is 1. The summed E-state index contributed by atoms with van der Waals surface area (Å²) in [6.45, 7) is 0.135. The Labute approximate surface area is 120 Å². The standard InChI is InChI=1S/C13H15N5O3/c19-12(20)9-18-15-8-11(17-18)16-13(21)14-7-6-10-4-2-1-3-5-10/h1-5,8H,6-7,9H2,(H,19,20)(H2,14,16,17,21). The predicted octanol–water partition coefficient (Wildman–Crippen LogP) is 0.727. The number of rotatable bonds is 6. The highest BCUT2D eigenvalue weighted by atomic mass is 16.4. The maximum absolute atomic E-state index is 11.6. The molecule has 0 saturated heterocycles. The molecule has 0 atom stereocenters. The van der Waals surface area contributed by atoms with Crippen molar-refractivity contribution in [3.63, 3.8) is 0 Å². The number of anilines is 1. The van der Waals surface area contributed by atoms with Gasteiger partial charge >= 0.3 is 12.0 Å². The first-order chi connectivity index (χ1) is 10.1. The monoisotopic (exact) mass is 289 g/mol. The normalized spacial score (nSPS) is 10.1. The van der Waals surface area contributed by atoms with E-state index in [1.54, 1.807) is 0 Å². The highest BCUT2D eigenvalue weighted by Gasteiger charge is 2.07. The second kappa shape index (κ2) is 7.04. The van der Waals surface area contributed by atoms with Crippen LogP contribution in [-0.4, -0.2) is 38.6 Å². The van der Waals surface area contributed by atoms with Crippen molar-refractivity contribution in [3.05, 3.63) is 42.1 Å². The summed E-state index contributed by atoms with van der Waals surface area (Å²) >= 11 is 0. The smallest absolute Gasteiger partial charge is 0.327 e. The topological polar surface area (TPSA) is 109 Å². The van der Waals surface area contributed by atoms with Crippen LogP contribution in [0.2, 0.25) is 0 Å². The number of aromatic nitrogens is 3. The molecular weight excluding hydrogens is 274 g/mol. The Kier molecular flexibility index (Phi) is 4.86. The highest BCUT2D eigenvalue weighted by Crippen LogP contribution is 2.00. The van der Waals surface area contributed by atoms with E-state index in [4.69, 9.17) is 5.11 Å². The van der Waals surface area contributed by atoms with Gasteiger partial charge < -0.3 is 10.4 Å². The van der Waals surface area contributed by atoms with E-state index in [9.17, 15) is 9.59 Å². The van der Waals surface area contributed by atoms with E-state index in [0.29, 0.717) is 6.54 Å². The summed E-state index contributed by atoms with van der Waals surface area (Å²) < 4.78 is 0. The molecule has 8 heteroatoms. The lowest BCUT2D eigenvalue weighted by molar-refractivity contribution is -0.138. The Morgan fingerprint density at radius 2 is 2.00 bits per heavy atom. The minimum atomic E-state index is -1.05. The third kappa shape index (κ3) is 4.94. The molecule has 0 fully saturated rings. The summed E-state index contributed by atoms with van der Waals surface area (Å²) in [6, 6.07) is 9.37. The van der Waals surface area contributed by atoms with Crippen molar-refractivity contribution in [3.8, 4) is 0 Å². The zero-order valence-electron chi connectivity index (χ0n) is 11.2. The van der Waals surface area contributed by atoms with Crippen LogP contribution in [0.5, 0.6) is 0 Å². The molecule has 0 saturated carbocycles. The molecule has 2 aromatic rings. The average molecular weight is 289 g/mol. The fourth-order valence-corrected chi connectivity index (χ4v) is 1.68. The largest absolute Gasteiger partial charge is 0.480 e. The molecule has 1 heterocycles. The van der Waals surface area contributed by atoms with Crippen LogP contribution in [0.3, 0.4) is 0 Å². The van der Waals surface area contributed by atoms with Gasteiger partial charge in [-0.15, -0.1) is 5.10 Å². The molecule has 1 aromatic heterocycles. The first kappa shape index (κ1) is 14.5. The van der Waals surface area contributed by atoms with Crippen LogP contribution >= 0.6 is 0 Å². The molecular formula is C13H15N5O3. The summed E-state index contributed by atoms with van der Waals surface area (Å²) in [5.41, 5.74) is 1.13. The third-order valence-electron chi connectivity index (χ3n) is 2.60. The van der Waals surface area contributed by atoms with Gasteiger partial charge in [-0.25, -0.2) is 4.79 Å². The number of benzene rings is 1. The van der Waals surface area contributed by atoms with Gasteiger partial charge in [0.25, 0.3) is 0 Å². The second-order valence-electron chi connectivity index (χ2n) is 4.27. The van der Waals surface area contributed by atoms with Crippen molar-refractivity contribution in [2.24, 2.45) is 0 Å². The number of nitrogens with zero attached hydrogens (tertiary/aromatic N) is 3. The molecule has 110 valence electrons. The van der Waals surface area contributed by atoms with Crippen LogP contribution in [-0.2, 0) is 17.8 Å². The molecule has 0 radical (unpaired) electrons. The summed E-state index contributed by atoms with van der Waals surface area (Å²) in [5.74, 6) is -0.849. The number of carboxylic acid groups (broad SMARTS) is 1. The first-order valence-electron chi connectivity index (χ1n) is 6.34. The van der Waals surface area contributed by atoms with Gasteiger partial charge in [-0.05, 0) is 12.0 Å². The minimum absolute atomic E-state index is 0.202. The van der Waals surface area contributed by atoms with Crippen LogP contribution in [0, 0.1) is 0 Å². The Morgan fingerprint density at radius 3 is 2.71 bits per heavy atom. The Morgan fingerprint density at radius 1 is 1.24 bits per heavy atom. The van der Waals surface area contributed by atoms with E-state index in [-0.39, 0.29) is 12.4 Å². The minimum Gasteiger partial charge on any atom is -0.480 e. The van der Waals surface area contributed by atoms with E-state index in [1.807, 2.05) is 30.3 Å². The second-order valence-corrected chi connectivity index (χ2v) is 4.27. The Hall–Kier alpha value is -2.90. The van der Waals surface area contributed by atoms with Crippen LogP contribution in [0.1, 0.15) is 5.56 Å². The predicted molar refractivity (Wildman–Crippen MR) is 74.8 cm³/mol. The van der Waals surface area contributed by atoms with Gasteiger partial charge in [0.1, 0.15) is 0 Å². The van der Waals surface area contributed by atoms with Gasteiger partial charge in [-0.1, -0.05) is 30.3 Å². The molecule has 3 N–H and O–H groups in total. The van der Waals surface area contributed by atoms with Crippen LogP contribution in [0.25, 0.3) is 0 Å². The number of carbonyl (C=O) groups excluding carboxylic acids is 1. The maximum Gasteiger partial charge on any atom is 0.327 e. The van der Waals surface area contributed by atoms with E-state index < -0.39 is 12.0 Å². The van der Waals surface area contributed by atoms with E-state index in [1.165, 1.54) is 6.20 Å². The summed E-state index contributed by atoms with van der Waals surface area (Å²) in [6.07, 6.45) is 2.01. The fourth-order valence-electron chi connectivity index (χ4n) is 1.68.